The molecule has 0 aromatic heterocycles. The molecule has 1 aromatic carbocycles. The third-order valence-corrected chi connectivity index (χ3v) is 5.32. The Morgan fingerprint density at radius 1 is 1.10 bits per heavy atom. The third-order valence-electron chi connectivity index (χ3n) is 3.35. The largest absolute Gasteiger partial charge is 0.346 e. The Morgan fingerprint density at radius 2 is 1.65 bits per heavy atom. The quantitative estimate of drug-likeness (QED) is 0.910. The van der Waals surface area contributed by atoms with Gasteiger partial charge >= 0.3 is 0 Å². The van der Waals surface area contributed by atoms with Crippen molar-refractivity contribution in [2.45, 2.75) is 44.6 Å². The van der Waals surface area contributed by atoms with E-state index in [1.54, 1.807) is 19.1 Å². The van der Waals surface area contributed by atoms with Gasteiger partial charge in [0.2, 0.25) is 9.84 Å². The second-order valence-corrected chi connectivity index (χ2v) is 7.83. The summed E-state index contributed by atoms with van der Waals surface area (Å²) in [4.78, 5) is 12.2. The van der Waals surface area contributed by atoms with E-state index < -0.39 is 21.3 Å². The zero-order chi connectivity index (χ0) is 15.1. The number of amides is 1. The lowest BCUT2D eigenvalue weighted by Gasteiger charge is -2.32. The third kappa shape index (κ3) is 2.63. The van der Waals surface area contributed by atoms with Crippen LogP contribution in [0.3, 0.4) is 0 Å². The zero-order valence-corrected chi connectivity index (χ0v) is 13.0. The molecule has 1 N–H and O–H groups in total. The summed E-state index contributed by atoms with van der Waals surface area (Å²) in [6, 6.07) is 6.54. The maximum Gasteiger partial charge on any atom is 0.263 e. The van der Waals surface area contributed by atoms with Crippen molar-refractivity contribution in [3.05, 3.63) is 40.3 Å². The van der Waals surface area contributed by atoms with Gasteiger partial charge in [0, 0.05) is 5.54 Å². The number of rotatable bonds is 2. The van der Waals surface area contributed by atoms with Gasteiger partial charge in [0.05, 0.1) is 4.90 Å². The van der Waals surface area contributed by atoms with Crippen molar-refractivity contribution >= 4 is 15.7 Å². The first-order valence-corrected chi connectivity index (χ1v) is 7.96. The molecule has 1 amide bonds. The van der Waals surface area contributed by atoms with E-state index >= 15 is 0 Å². The minimum atomic E-state index is -3.76. The number of sulfone groups is 1. The smallest absolute Gasteiger partial charge is 0.263 e. The predicted molar refractivity (Wildman–Crippen MR) is 77.9 cm³/mol. The number of nitrogens with one attached hydrogen (secondary N) is 1. The van der Waals surface area contributed by atoms with E-state index in [-0.39, 0.29) is 9.80 Å². The summed E-state index contributed by atoms with van der Waals surface area (Å²) in [5, 5.41) is 2.75. The van der Waals surface area contributed by atoms with Crippen LogP contribution in [0.2, 0.25) is 0 Å². The second kappa shape index (κ2) is 4.74. The van der Waals surface area contributed by atoms with Crippen LogP contribution in [0.4, 0.5) is 0 Å². The first kappa shape index (κ1) is 14.8. The standard InChI is InChI=1S/C15H19NO3S/c1-10-5-7-12(8-6-10)20(18,19)13-11(2)9-15(3,4)16-14(13)17/h5-8H,9H2,1-4H3,(H,16,17). The number of hydrogen-bond acceptors (Lipinski definition) is 3. The normalized spacial score (nSPS) is 18.9. The van der Waals surface area contributed by atoms with Gasteiger partial charge in [-0.25, -0.2) is 8.42 Å². The van der Waals surface area contributed by atoms with Crippen molar-refractivity contribution in [2.24, 2.45) is 0 Å². The Kier molecular flexibility index (Phi) is 3.50. The highest BCUT2D eigenvalue weighted by atomic mass is 32.2. The van der Waals surface area contributed by atoms with E-state index in [9.17, 15) is 13.2 Å². The number of hydrogen-bond donors (Lipinski definition) is 1. The van der Waals surface area contributed by atoms with Crippen LogP contribution >= 0.6 is 0 Å². The predicted octanol–water partition coefficient (Wildman–Crippen LogP) is 2.34. The lowest BCUT2D eigenvalue weighted by atomic mass is 9.92. The molecule has 1 aromatic rings. The van der Waals surface area contributed by atoms with Gasteiger partial charge in [0.1, 0.15) is 4.91 Å². The maximum atomic E-state index is 12.6. The molecule has 1 aliphatic rings. The van der Waals surface area contributed by atoms with Crippen LogP contribution in [0, 0.1) is 6.92 Å². The molecule has 1 aliphatic heterocycles. The van der Waals surface area contributed by atoms with E-state index in [0.717, 1.165) is 5.56 Å². The van der Waals surface area contributed by atoms with E-state index in [0.29, 0.717) is 12.0 Å². The molecule has 0 saturated heterocycles. The molecule has 5 heteroatoms. The van der Waals surface area contributed by atoms with Crippen LogP contribution in [-0.2, 0) is 14.6 Å². The average molecular weight is 293 g/mol. The SMILES string of the molecule is CC1=C(S(=O)(=O)c2ccc(C)cc2)C(=O)NC(C)(C)C1. The Bertz CT molecular complexity index is 682. The number of carbonyl (C=O) groups excluding carboxylic acids is 1. The first-order valence-electron chi connectivity index (χ1n) is 6.47. The van der Waals surface area contributed by atoms with Crippen molar-refractivity contribution < 1.29 is 13.2 Å². The van der Waals surface area contributed by atoms with Gasteiger partial charge in [-0.1, -0.05) is 17.7 Å². The van der Waals surface area contributed by atoms with Crippen molar-refractivity contribution in [2.75, 3.05) is 0 Å². The van der Waals surface area contributed by atoms with Gasteiger partial charge in [-0.2, -0.15) is 0 Å². The zero-order valence-electron chi connectivity index (χ0n) is 12.1. The molecular weight excluding hydrogens is 274 g/mol. The van der Waals surface area contributed by atoms with Gasteiger partial charge < -0.3 is 5.32 Å². The average Bonchev–Trinajstić information content (AvgIpc) is 2.25. The lowest BCUT2D eigenvalue weighted by Crippen LogP contribution is -2.48. The van der Waals surface area contributed by atoms with Crippen molar-refractivity contribution in [3.63, 3.8) is 0 Å². The minimum absolute atomic E-state index is 0.110. The number of benzene rings is 1. The Balaban J connectivity index is 2.54. The van der Waals surface area contributed by atoms with E-state index in [4.69, 9.17) is 0 Å². The molecule has 1 heterocycles. The first-order chi connectivity index (χ1) is 9.13. The van der Waals surface area contributed by atoms with Gasteiger partial charge in [-0.05, 0) is 51.8 Å². The van der Waals surface area contributed by atoms with Gasteiger partial charge in [-0.15, -0.1) is 0 Å². The molecule has 0 atom stereocenters. The van der Waals surface area contributed by atoms with Crippen LogP contribution < -0.4 is 5.32 Å². The fraction of sp³-hybridized carbons (Fsp3) is 0.400. The van der Waals surface area contributed by atoms with Crippen LogP contribution in [0.5, 0.6) is 0 Å². The molecule has 0 spiro atoms. The number of aryl methyl sites for hydroxylation is 1. The van der Waals surface area contributed by atoms with Crippen LogP contribution in [0.15, 0.2) is 39.6 Å². The summed E-state index contributed by atoms with van der Waals surface area (Å²) < 4.78 is 25.2. The van der Waals surface area contributed by atoms with Gasteiger partial charge in [0.15, 0.2) is 0 Å². The molecular formula is C15H19NO3S. The monoisotopic (exact) mass is 293 g/mol. The fourth-order valence-electron chi connectivity index (χ4n) is 2.53. The summed E-state index contributed by atoms with van der Waals surface area (Å²) in [5.41, 5.74) is 1.18. The van der Waals surface area contributed by atoms with Gasteiger partial charge in [-0.3, -0.25) is 4.79 Å². The van der Waals surface area contributed by atoms with Crippen LogP contribution in [0.1, 0.15) is 32.8 Å². The molecule has 108 valence electrons. The maximum absolute atomic E-state index is 12.6. The second-order valence-electron chi connectivity index (χ2n) is 5.94. The summed E-state index contributed by atoms with van der Waals surface area (Å²) in [5.74, 6) is -0.515. The molecule has 20 heavy (non-hydrogen) atoms. The molecule has 2 rings (SSSR count). The summed E-state index contributed by atoms with van der Waals surface area (Å²) in [7, 11) is -3.76. The molecule has 0 unspecified atom stereocenters. The number of carbonyl (C=O) groups is 1. The molecule has 0 bridgehead atoms. The molecule has 0 radical (unpaired) electrons. The highest BCUT2D eigenvalue weighted by Gasteiger charge is 2.37. The van der Waals surface area contributed by atoms with Crippen molar-refractivity contribution in [1.29, 1.82) is 0 Å². The highest BCUT2D eigenvalue weighted by molar-refractivity contribution is 7.96. The highest BCUT2D eigenvalue weighted by Crippen LogP contribution is 2.30. The van der Waals surface area contributed by atoms with Gasteiger partial charge in [0.25, 0.3) is 5.91 Å². The summed E-state index contributed by atoms with van der Waals surface area (Å²) in [6.45, 7) is 7.35. The van der Waals surface area contributed by atoms with Crippen LogP contribution in [-0.4, -0.2) is 19.9 Å². The van der Waals surface area contributed by atoms with Crippen molar-refractivity contribution in [3.8, 4) is 0 Å². The Labute approximate surface area is 119 Å². The molecule has 0 saturated carbocycles. The molecule has 0 aliphatic carbocycles. The fourth-order valence-corrected chi connectivity index (χ4v) is 4.09. The Hall–Kier alpha value is -1.62. The van der Waals surface area contributed by atoms with E-state index in [1.807, 2.05) is 20.8 Å². The topological polar surface area (TPSA) is 63.2 Å². The van der Waals surface area contributed by atoms with E-state index in [2.05, 4.69) is 5.32 Å². The Morgan fingerprint density at radius 3 is 2.15 bits per heavy atom. The lowest BCUT2D eigenvalue weighted by molar-refractivity contribution is -0.118. The molecule has 0 fully saturated rings. The van der Waals surface area contributed by atoms with Crippen LogP contribution in [0.25, 0.3) is 0 Å². The summed E-state index contributed by atoms with van der Waals surface area (Å²) in [6.07, 6.45) is 0.527. The summed E-state index contributed by atoms with van der Waals surface area (Å²) >= 11 is 0. The molecule has 4 nitrogen and oxygen atoms in total. The van der Waals surface area contributed by atoms with E-state index in [1.165, 1.54) is 12.1 Å². The minimum Gasteiger partial charge on any atom is -0.346 e. The van der Waals surface area contributed by atoms with Crippen molar-refractivity contribution in [1.82, 2.24) is 5.32 Å².